The predicted octanol–water partition coefficient (Wildman–Crippen LogP) is 2.39. The molecule has 29 heavy (non-hydrogen) atoms. The number of ether oxygens (including phenoxy) is 1. The number of nitrogens with two attached hydrogens (primary N) is 1. The molecule has 0 unspecified atom stereocenters. The van der Waals surface area contributed by atoms with E-state index in [9.17, 15) is 9.59 Å². The van der Waals surface area contributed by atoms with Crippen molar-refractivity contribution in [3.05, 3.63) is 59.4 Å². The van der Waals surface area contributed by atoms with Gasteiger partial charge in [-0.05, 0) is 30.3 Å². The van der Waals surface area contributed by atoms with Gasteiger partial charge in [0.15, 0.2) is 0 Å². The summed E-state index contributed by atoms with van der Waals surface area (Å²) < 4.78 is 5.36. The Kier molecular flexibility index (Phi) is 5.50. The highest BCUT2D eigenvalue weighted by Crippen LogP contribution is 2.26. The first-order valence-electron chi connectivity index (χ1n) is 9.05. The molecule has 0 aliphatic carbocycles. The molecule has 1 saturated heterocycles. The van der Waals surface area contributed by atoms with Crippen LogP contribution in [-0.2, 0) is 4.74 Å². The van der Waals surface area contributed by atoms with Crippen molar-refractivity contribution in [3.63, 3.8) is 0 Å². The number of nitrogens with zero attached hydrogens (tertiary/aromatic N) is 3. The number of aromatic nitrogens is 2. The Morgan fingerprint density at radius 2 is 2.03 bits per heavy atom. The average Bonchev–Trinajstić information content (AvgIpc) is 3.26. The number of carbonyl (C=O) groups is 2. The van der Waals surface area contributed by atoms with Gasteiger partial charge in [0.05, 0.1) is 24.5 Å². The number of hydrogen-bond acceptors (Lipinski definition) is 7. The zero-order valence-corrected chi connectivity index (χ0v) is 16.3. The van der Waals surface area contributed by atoms with Crippen LogP contribution in [-0.4, -0.2) is 48.1 Å². The number of nitrogens with one attached hydrogen (secondary N) is 1. The van der Waals surface area contributed by atoms with Gasteiger partial charge in [-0.15, -0.1) is 11.3 Å². The second-order valence-corrected chi connectivity index (χ2v) is 7.29. The first-order valence-corrected chi connectivity index (χ1v) is 9.93. The number of rotatable bonds is 5. The number of amides is 2. The van der Waals surface area contributed by atoms with E-state index in [0.29, 0.717) is 23.9 Å². The number of thiazole rings is 1. The van der Waals surface area contributed by atoms with Crippen molar-refractivity contribution in [2.45, 2.75) is 0 Å². The highest BCUT2D eigenvalue weighted by Gasteiger charge is 2.18. The molecule has 3 heterocycles. The van der Waals surface area contributed by atoms with Crippen LogP contribution < -0.4 is 16.0 Å². The zero-order chi connectivity index (χ0) is 20.2. The van der Waals surface area contributed by atoms with Crippen molar-refractivity contribution >= 4 is 34.5 Å². The van der Waals surface area contributed by atoms with Crippen LogP contribution in [0, 0.1) is 0 Å². The topological polar surface area (TPSA) is 110 Å². The van der Waals surface area contributed by atoms with Gasteiger partial charge in [0.25, 0.3) is 11.8 Å². The van der Waals surface area contributed by atoms with E-state index in [-0.39, 0.29) is 11.3 Å². The van der Waals surface area contributed by atoms with Crippen molar-refractivity contribution in [3.8, 4) is 10.6 Å². The second-order valence-electron chi connectivity index (χ2n) is 6.43. The number of benzene rings is 1. The lowest BCUT2D eigenvalue weighted by Crippen LogP contribution is -2.36. The average molecular weight is 409 g/mol. The predicted molar refractivity (Wildman–Crippen MR) is 111 cm³/mol. The first-order chi connectivity index (χ1) is 14.1. The van der Waals surface area contributed by atoms with Gasteiger partial charge in [0, 0.05) is 42.1 Å². The van der Waals surface area contributed by atoms with Gasteiger partial charge in [-0.25, -0.2) is 4.98 Å². The van der Waals surface area contributed by atoms with Gasteiger partial charge in [-0.3, -0.25) is 14.6 Å². The van der Waals surface area contributed by atoms with Gasteiger partial charge >= 0.3 is 0 Å². The molecule has 1 fully saturated rings. The fourth-order valence-corrected chi connectivity index (χ4v) is 3.84. The van der Waals surface area contributed by atoms with Crippen LogP contribution in [0.3, 0.4) is 0 Å². The second kappa shape index (κ2) is 8.38. The molecule has 4 rings (SSSR count). The van der Waals surface area contributed by atoms with E-state index in [1.54, 1.807) is 29.9 Å². The molecule has 0 radical (unpaired) electrons. The molecule has 2 aromatic heterocycles. The summed E-state index contributed by atoms with van der Waals surface area (Å²) in [6.45, 7) is 2.74. The lowest BCUT2D eigenvalue weighted by molar-refractivity contribution is 0.100. The number of primary amides is 1. The largest absolute Gasteiger partial charge is 0.378 e. The number of pyridine rings is 1. The maximum Gasteiger partial charge on any atom is 0.275 e. The van der Waals surface area contributed by atoms with Crippen LogP contribution in [0.15, 0.2) is 48.1 Å². The van der Waals surface area contributed by atoms with Crippen LogP contribution in [0.25, 0.3) is 10.6 Å². The Bertz CT molecular complexity index is 1030. The molecule has 1 aromatic carbocycles. The summed E-state index contributed by atoms with van der Waals surface area (Å²) in [5.41, 5.74) is 8.14. The molecule has 148 valence electrons. The molecule has 3 aromatic rings. The molecule has 0 spiro atoms. The van der Waals surface area contributed by atoms with Crippen molar-refractivity contribution in [1.82, 2.24) is 9.97 Å². The van der Waals surface area contributed by atoms with Crippen LogP contribution in [0.4, 0.5) is 11.4 Å². The lowest BCUT2D eigenvalue weighted by atomic mass is 10.1. The van der Waals surface area contributed by atoms with Crippen LogP contribution in [0.5, 0.6) is 0 Å². The smallest absolute Gasteiger partial charge is 0.275 e. The fraction of sp³-hybridized carbons (Fsp3) is 0.200. The maximum atomic E-state index is 12.7. The minimum atomic E-state index is -0.607. The third-order valence-corrected chi connectivity index (χ3v) is 5.43. The third kappa shape index (κ3) is 4.25. The van der Waals surface area contributed by atoms with E-state index >= 15 is 0 Å². The Labute approximate surface area is 171 Å². The zero-order valence-electron chi connectivity index (χ0n) is 15.5. The van der Waals surface area contributed by atoms with Crippen molar-refractivity contribution in [2.24, 2.45) is 5.73 Å². The molecule has 8 nitrogen and oxygen atoms in total. The molecule has 1 aliphatic rings. The highest BCUT2D eigenvalue weighted by atomic mass is 32.1. The van der Waals surface area contributed by atoms with E-state index in [0.717, 1.165) is 24.3 Å². The molecule has 1 aliphatic heterocycles. The van der Waals surface area contributed by atoms with Gasteiger partial charge < -0.3 is 20.7 Å². The molecule has 9 heteroatoms. The molecule has 0 saturated carbocycles. The summed E-state index contributed by atoms with van der Waals surface area (Å²) in [7, 11) is 0. The quantitative estimate of drug-likeness (QED) is 0.669. The molecular weight excluding hydrogens is 390 g/mol. The maximum absolute atomic E-state index is 12.7. The Morgan fingerprint density at radius 3 is 2.76 bits per heavy atom. The normalized spacial score (nSPS) is 13.9. The van der Waals surface area contributed by atoms with E-state index in [1.165, 1.54) is 11.3 Å². The van der Waals surface area contributed by atoms with Crippen molar-refractivity contribution in [2.75, 3.05) is 36.5 Å². The van der Waals surface area contributed by atoms with Crippen molar-refractivity contribution in [1.29, 1.82) is 0 Å². The number of anilines is 2. The molecule has 3 N–H and O–H groups in total. The van der Waals surface area contributed by atoms with Gasteiger partial charge in [0.1, 0.15) is 10.7 Å². The minimum Gasteiger partial charge on any atom is -0.378 e. The molecule has 2 amide bonds. The van der Waals surface area contributed by atoms with Gasteiger partial charge in [-0.2, -0.15) is 0 Å². The standard InChI is InChI=1S/C20H19N5O3S/c21-18(26)15-10-14(25-6-8-28-9-7-25)3-4-16(15)23-19(27)17-12-29-20(24-17)13-2-1-5-22-11-13/h1-5,10-12H,6-9H2,(H2,21,26)(H,23,27). The van der Waals surface area contributed by atoms with E-state index in [4.69, 9.17) is 10.5 Å². The van der Waals surface area contributed by atoms with E-state index in [1.807, 2.05) is 18.2 Å². The monoisotopic (exact) mass is 409 g/mol. The number of morpholine rings is 1. The van der Waals surface area contributed by atoms with Gasteiger partial charge in [0.2, 0.25) is 0 Å². The highest BCUT2D eigenvalue weighted by molar-refractivity contribution is 7.13. The van der Waals surface area contributed by atoms with Crippen LogP contribution >= 0.6 is 11.3 Å². The molecule has 0 bridgehead atoms. The first kappa shape index (κ1) is 19.0. The number of carbonyl (C=O) groups excluding carboxylic acids is 2. The van der Waals surface area contributed by atoms with Gasteiger partial charge in [-0.1, -0.05) is 0 Å². The Hall–Kier alpha value is -3.30. The molecular formula is C20H19N5O3S. The summed E-state index contributed by atoms with van der Waals surface area (Å²) in [6.07, 6.45) is 3.37. The third-order valence-electron chi connectivity index (χ3n) is 4.54. The fourth-order valence-electron chi connectivity index (χ4n) is 3.05. The lowest BCUT2D eigenvalue weighted by Gasteiger charge is -2.29. The van der Waals surface area contributed by atoms with Crippen LogP contribution in [0.1, 0.15) is 20.8 Å². The summed E-state index contributed by atoms with van der Waals surface area (Å²) in [4.78, 5) is 35.2. The summed E-state index contributed by atoms with van der Waals surface area (Å²) in [5.74, 6) is -1.01. The van der Waals surface area contributed by atoms with E-state index in [2.05, 4.69) is 20.2 Å². The van der Waals surface area contributed by atoms with Crippen LogP contribution in [0.2, 0.25) is 0 Å². The van der Waals surface area contributed by atoms with Crippen molar-refractivity contribution < 1.29 is 14.3 Å². The summed E-state index contributed by atoms with van der Waals surface area (Å²) in [6, 6.07) is 8.94. The molecule has 0 atom stereocenters. The minimum absolute atomic E-state index is 0.255. The summed E-state index contributed by atoms with van der Waals surface area (Å²) in [5, 5.41) is 5.11. The van der Waals surface area contributed by atoms with E-state index < -0.39 is 11.8 Å². The summed E-state index contributed by atoms with van der Waals surface area (Å²) >= 11 is 1.35. The number of hydrogen-bond donors (Lipinski definition) is 2. The Balaban J connectivity index is 1.54. The Morgan fingerprint density at radius 1 is 1.21 bits per heavy atom. The SMILES string of the molecule is NC(=O)c1cc(N2CCOCC2)ccc1NC(=O)c1csc(-c2cccnc2)n1.